The second-order valence-electron chi connectivity index (χ2n) is 8.11. The lowest BCUT2D eigenvalue weighted by Gasteiger charge is -2.25. The number of sulfonamides is 1. The van der Waals surface area contributed by atoms with Gasteiger partial charge in [-0.1, -0.05) is 23.8 Å². The number of carbonyl (C=O) groups is 2. The molecule has 8 nitrogen and oxygen atoms in total. The maximum absolute atomic E-state index is 13.5. The molecule has 2 aromatic carbocycles. The third-order valence-corrected chi connectivity index (χ3v) is 7.66. The summed E-state index contributed by atoms with van der Waals surface area (Å²) in [7, 11) is -3.84. The summed E-state index contributed by atoms with van der Waals surface area (Å²) in [4.78, 5) is 24.8. The first-order valence-corrected chi connectivity index (χ1v) is 12.4. The normalized spacial score (nSPS) is 16.4. The summed E-state index contributed by atoms with van der Waals surface area (Å²) in [5.41, 5.74) is 2.79. The van der Waals surface area contributed by atoms with Crippen LogP contribution in [-0.2, 0) is 24.3 Å². The van der Waals surface area contributed by atoms with Gasteiger partial charge in [-0.25, -0.2) is 13.2 Å². The largest absolute Gasteiger partial charge is 0.482 e. The predicted molar refractivity (Wildman–Crippen MR) is 125 cm³/mol. The molecule has 0 spiro atoms. The topological polar surface area (TPSA) is 102 Å². The highest BCUT2D eigenvalue weighted by Gasteiger charge is 2.40. The molecular weight excluding hydrogens is 444 g/mol. The number of ether oxygens (including phenoxy) is 2. The number of rotatable bonds is 8. The van der Waals surface area contributed by atoms with Crippen LogP contribution in [-0.4, -0.2) is 50.4 Å². The van der Waals surface area contributed by atoms with Gasteiger partial charge < -0.3 is 14.8 Å². The standard InChI is InChI=1S/C24H30N2O6S/c1-5-31-22(27)15-32-20-9-6-8-19(14-20)25-24(28)21-10-7-11-26(21)33(29,30)23-17(3)12-16(2)13-18(23)4/h6,8-9,12-14,21H,5,7,10-11,15H2,1-4H3,(H,25,28). The molecular formula is C24H30N2O6S. The number of nitrogens with zero attached hydrogens (tertiary/aromatic N) is 1. The summed E-state index contributed by atoms with van der Waals surface area (Å²) in [5.74, 6) is -0.496. The minimum Gasteiger partial charge on any atom is -0.482 e. The van der Waals surface area contributed by atoms with Crippen molar-refractivity contribution in [2.24, 2.45) is 0 Å². The third kappa shape index (κ3) is 5.72. The average Bonchev–Trinajstić information content (AvgIpc) is 3.23. The Kier molecular flexibility index (Phi) is 7.76. The quantitative estimate of drug-likeness (QED) is 0.589. The van der Waals surface area contributed by atoms with E-state index in [1.165, 1.54) is 4.31 Å². The number of amides is 1. The summed E-state index contributed by atoms with van der Waals surface area (Å²) >= 11 is 0. The molecule has 3 rings (SSSR count). The number of anilines is 1. The van der Waals surface area contributed by atoms with E-state index in [1.807, 2.05) is 19.1 Å². The maximum Gasteiger partial charge on any atom is 0.344 e. The van der Waals surface area contributed by atoms with Crippen molar-refractivity contribution in [3.63, 3.8) is 0 Å². The fourth-order valence-electron chi connectivity index (χ4n) is 4.21. The molecule has 0 bridgehead atoms. The second-order valence-corrected chi connectivity index (χ2v) is 9.94. The van der Waals surface area contributed by atoms with E-state index < -0.39 is 27.9 Å². The first-order chi connectivity index (χ1) is 15.6. The van der Waals surface area contributed by atoms with E-state index >= 15 is 0 Å². The van der Waals surface area contributed by atoms with Crippen LogP contribution in [0.3, 0.4) is 0 Å². The number of carbonyl (C=O) groups excluding carboxylic acids is 2. The Bertz CT molecular complexity index is 1120. The molecule has 9 heteroatoms. The van der Waals surface area contributed by atoms with Crippen LogP contribution in [0.25, 0.3) is 0 Å². The predicted octanol–water partition coefficient (Wildman–Crippen LogP) is 3.35. The number of esters is 1. The fraction of sp³-hybridized carbons (Fsp3) is 0.417. The molecule has 33 heavy (non-hydrogen) atoms. The van der Waals surface area contributed by atoms with Gasteiger partial charge in [0, 0.05) is 18.3 Å². The molecule has 2 aromatic rings. The molecule has 1 aliphatic heterocycles. The summed E-state index contributed by atoms with van der Waals surface area (Å²) in [6.07, 6.45) is 1.04. The molecule has 1 N–H and O–H groups in total. The Labute approximate surface area is 194 Å². The molecule has 0 aromatic heterocycles. The van der Waals surface area contributed by atoms with Crippen molar-refractivity contribution in [1.82, 2.24) is 4.31 Å². The van der Waals surface area contributed by atoms with E-state index in [9.17, 15) is 18.0 Å². The van der Waals surface area contributed by atoms with E-state index in [1.54, 1.807) is 45.0 Å². The molecule has 1 saturated heterocycles. The number of benzene rings is 2. The van der Waals surface area contributed by atoms with Crippen LogP contribution in [0.1, 0.15) is 36.5 Å². The molecule has 0 saturated carbocycles. The first-order valence-electron chi connectivity index (χ1n) is 10.9. The zero-order valence-corrected chi connectivity index (χ0v) is 20.2. The minimum atomic E-state index is -3.84. The number of hydrogen-bond acceptors (Lipinski definition) is 6. The monoisotopic (exact) mass is 474 g/mol. The van der Waals surface area contributed by atoms with Crippen molar-refractivity contribution in [3.05, 3.63) is 53.1 Å². The number of hydrogen-bond donors (Lipinski definition) is 1. The van der Waals surface area contributed by atoms with Gasteiger partial charge in [0.2, 0.25) is 15.9 Å². The van der Waals surface area contributed by atoms with Gasteiger partial charge in [0.05, 0.1) is 11.5 Å². The van der Waals surface area contributed by atoms with Gasteiger partial charge in [-0.15, -0.1) is 0 Å². The van der Waals surface area contributed by atoms with Crippen LogP contribution < -0.4 is 10.1 Å². The van der Waals surface area contributed by atoms with Gasteiger partial charge in [-0.2, -0.15) is 4.31 Å². The zero-order valence-electron chi connectivity index (χ0n) is 19.4. The van der Waals surface area contributed by atoms with Crippen molar-refractivity contribution >= 4 is 27.6 Å². The van der Waals surface area contributed by atoms with E-state index in [4.69, 9.17) is 9.47 Å². The fourth-order valence-corrected chi connectivity index (χ4v) is 6.29. The summed E-state index contributed by atoms with van der Waals surface area (Å²) in [6, 6.07) is 9.47. The molecule has 1 fully saturated rings. The summed E-state index contributed by atoms with van der Waals surface area (Å²) in [6.45, 7) is 7.50. The average molecular weight is 475 g/mol. The van der Waals surface area contributed by atoms with Gasteiger partial charge in [0.15, 0.2) is 6.61 Å². The molecule has 1 amide bonds. The minimum absolute atomic E-state index is 0.241. The summed E-state index contributed by atoms with van der Waals surface area (Å²) < 4.78 is 38.5. The highest BCUT2D eigenvalue weighted by atomic mass is 32.2. The lowest BCUT2D eigenvalue weighted by Crippen LogP contribution is -2.43. The first kappa shape index (κ1) is 24.7. The van der Waals surface area contributed by atoms with Crippen molar-refractivity contribution < 1.29 is 27.5 Å². The lowest BCUT2D eigenvalue weighted by atomic mass is 10.1. The van der Waals surface area contributed by atoms with Crippen LogP contribution in [0.2, 0.25) is 0 Å². The van der Waals surface area contributed by atoms with Crippen LogP contribution in [0.15, 0.2) is 41.3 Å². The van der Waals surface area contributed by atoms with Gasteiger partial charge in [0.1, 0.15) is 11.8 Å². The second kappa shape index (κ2) is 10.4. The van der Waals surface area contributed by atoms with Crippen molar-refractivity contribution in [1.29, 1.82) is 0 Å². The SMILES string of the molecule is CCOC(=O)COc1cccc(NC(=O)C2CCCN2S(=O)(=O)c2c(C)cc(C)cc2C)c1. The Morgan fingerprint density at radius 2 is 1.82 bits per heavy atom. The van der Waals surface area contributed by atoms with Gasteiger partial charge >= 0.3 is 5.97 Å². The van der Waals surface area contributed by atoms with Crippen LogP contribution in [0.5, 0.6) is 5.75 Å². The van der Waals surface area contributed by atoms with E-state index in [-0.39, 0.29) is 24.7 Å². The highest BCUT2D eigenvalue weighted by molar-refractivity contribution is 7.89. The van der Waals surface area contributed by atoms with E-state index in [0.717, 1.165) is 5.56 Å². The van der Waals surface area contributed by atoms with Crippen LogP contribution in [0.4, 0.5) is 5.69 Å². The van der Waals surface area contributed by atoms with Crippen molar-refractivity contribution in [2.45, 2.75) is 51.5 Å². The lowest BCUT2D eigenvalue weighted by molar-refractivity contribution is -0.145. The molecule has 178 valence electrons. The third-order valence-electron chi connectivity index (χ3n) is 5.44. The Morgan fingerprint density at radius 3 is 2.48 bits per heavy atom. The van der Waals surface area contributed by atoms with Gasteiger partial charge in [0.25, 0.3) is 0 Å². The van der Waals surface area contributed by atoms with Crippen LogP contribution >= 0.6 is 0 Å². The van der Waals surface area contributed by atoms with Crippen molar-refractivity contribution in [3.8, 4) is 5.75 Å². The summed E-state index contributed by atoms with van der Waals surface area (Å²) in [5, 5.41) is 2.79. The highest BCUT2D eigenvalue weighted by Crippen LogP contribution is 2.31. The van der Waals surface area contributed by atoms with Gasteiger partial charge in [-0.3, -0.25) is 4.79 Å². The molecule has 1 atom stereocenters. The van der Waals surface area contributed by atoms with Crippen LogP contribution in [0, 0.1) is 20.8 Å². The Balaban J connectivity index is 1.76. The molecule has 0 aliphatic carbocycles. The zero-order chi connectivity index (χ0) is 24.2. The maximum atomic E-state index is 13.5. The molecule has 1 unspecified atom stereocenters. The number of aryl methyl sites for hydroxylation is 3. The van der Waals surface area contributed by atoms with Gasteiger partial charge in [-0.05, 0) is 63.8 Å². The molecule has 1 aliphatic rings. The molecule has 0 radical (unpaired) electrons. The van der Waals surface area contributed by atoms with E-state index in [0.29, 0.717) is 35.4 Å². The van der Waals surface area contributed by atoms with E-state index in [2.05, 4.69) is 5.32 Å². The number of nitrogens with one attached hydrogen (secondary N) is 1. The smallest absolute Gasteiger partial charge is 0.344 e. The Morgan fingerprint density at radius 1 is 1.12 bits per heavy atom. The van der Waals surface area contributed by atoms with Crippen molar-refractivity contribution in [2.75, 3.05) is 25.1 Å². The Hall–Kier alpha value is -2.91. The molecule has 1 heterocycles.